The summed E-state index contributed by atoms with van der Waals surface area (Å²) in [5, 5.41) is 17.5. The molecule has 5 aromatic rings. The quantitative estimate of drug-likeness (QED) is 0.193. The molecule has 234 valence electrons. The van der Waals surface area contributed by atoms with E-state index in [1.807, 2.05) is 48.0 Å². The van der Waals surface area contributed by atoms with Crippen LogP contribution in [0.5, 0.6) is 5.88 Å². The third kappa shape index (κ3) is 4.95. The highest BCUT2D eigenvalue weighted by Crippen LogP contribution is 2.41. The standard InChI is InChI=1S/C36H34F2N6O2/c1-21-17-28-33(32(38)30(21)27-11-5-8-23-7-4-9-24(18-39)31(23)27)41-35(46-20-26-10-6-14-42(26)3)29-19-40-44(34(28)29)25-12-15-43(16-13-25)36(45)22(2)37/h4-5,7-9,11,17,19,25-26H,2,6,10,12-16,20H2,1,3H3. The van der Waals surface area contributed by atoms with Crippen molar-refractivity contribution < 1.29 is 18.3 Å². The zero-order valence-corrected chi connectivity index (χ0v) is 25.9. The van der Waals surface area contributed by atoms with Crippen LogP contribution in [-0.2, 0) is 4.79 Å². The highest BCUT2D eigenvalue weighted by molar-refractivity contribution is 6.09. The Morgan fingerprint density at radius 3 is 2.59 bits per heavy atom. The Bertz CT molecular complexity index is 2070. The SMILES string of the molecule is C=C(F)C(=O)N1CCC(n2ncc3c(OCC4CCCN4C)nc4c(F)c(-c5cccc6cccc(C#N)c56)c(C)cc4c32)CC1. The zero-order chi connectivity index (χ0) is 32.1. The van der Waals surface area contributed by atoms with Crippen molar-refractivity contribution in [1.29, 1.82) is 5.26 Å². The molecule has 0 aliphatic carbocycles. The summed E-state index contributed by atoms with van der Waals surface area (Å²) in [6.07, 6.45) is 4.92. The number of carbonyl (C=O) groups excluding carboxylic acids is 1. The van der Waals surface area contributed by atoms with E-state index in [0.29, 0.717) is 82.3 Å². The van der Waals surface area contributed by atoms with Gasteiger partial charge in [-0.3, -0.25) is 9.48 Å². The van der Waals surface area contributed by atoms with E-state index in [2.05, 4.69) is 24.6 Å². The number of nitrogens with zero attached hydrogens (tertiary/aromatic N) is 6. The fraction of sp³-hybridized carbons (Fsp3) is 0.333. The van der Waals surface area contributed by atoms with Gasteiger partial charge in [-0.05, 0) is 74.8 Å². The number of ether oxygens (including phenoxy) is 1. The minimum absolute atomic E-state index is 0.104. The number of hydrogen-bond acceptors (Lipinski definition) is 6. The lowest BCUT2D eigenvalue weighted by Crippen LogP contribution is -2.39. The first-order chi connectivity index (χ1) is 22.3. The minimum atomic E-state index is -0.968. The summed E-state index contributed by atoms with van der Waals surface area (Å²) < 4.78 is 38.9. The first-order valence-electron chi connectivity index (χ1n) is 15.7. The van der Waals surface area contributed by atoms with E-state index >= 15 is 4.39 Å². The van der Waals surface area contributed by atoms with Gasteiger partial charge in [-0.2, -0.15) is 10.4 Å². The van der Waals surface area contributed by atoms with Crippen LogP contribution >= 0.6 is 0 Å². The number of nitriles is 1. The van der Waals surface area contributed by atoms with Gasteiger partial charge in [0.15, 0.2) is 11.6 Å². The molecule has 0 spiro atoms. The molecular formula is C36H34F2N6O2. The predicted molar refractivity (Wildman–Crippen MR) is 174 cm³/mol. The Morgan fingerprint density at radius 1 is 1.13 bits per heavy atom. The number of carbonyl (C=O) groups is 1. The van der Waals surface area contributed by atoms with Crippen molar-refractivity contribution in [2.24, 2.45) is 0 Å². The third-order valence-corrected chi connectivity index (χ3v) is 9.64. The molecule has 0 bridgehead atoms. The van der Waals surface area contributed by atoms with Crippen LogP contribution in [0, 0.1) is 24.1 Å². The first-order valence-corrected chi connectivity index (χ1v) is 15.7. The van der Waals surface area contributed by atoms with Gasteiger partial charge >= 0.3 is 0 Å². The van der Waals surface area contributed by atoms with Crippen molar-refractivity contribution in [3.8, 4) is 23.1 Å². The largest absolute Gasteiger partial charge is 0.475 e. The molecule has 1 atom stereocenters. The second kappa shape index (κ2) is 11.8. The highest BCUT2D eigenvalue weighted by Gasteiger charge is 2.30. The molecule has 2 fully saturated rings. The molecule has 46 heavy (non-hydrogen) atoms. The molecule has 7 rings (SSSR count). The number of aromatic nitrogens is 3. The van der Waals surface area contributed by atoms with Crippen molar-refractivity contribution >= 4 is 38.5 Å². The number of likely N-dealkylation sites (N-methyl/N-ethyl adjacent to an activating group) is 1. The molecule has 1 amide bonds. The Labute approximate surface area is 265 Å². The first kappa shape index (κ1) is 29.8. The number of benzene rings is 3. The van der Waals surface area contributed by atoms with E-state index in [1.54, 1.807) is 12.3 Å². The van der Waals surface area contributed by atoms with Crippen LogP contribution in [0.15, 0.2) is 61.1 Å². The number of piperidine rings is 1. The number of fused-ring (bicyclic) bond motifs is 4. The van der Waals surface area contributed by atoms with Crippen LogP contribution in [-0.4, -0.2) is 69.8 Å². The predicted octanol–water partition coefficient (Wildman–Crippen LogP) is 6.84. The zero-order valence-electron chi connectivity index (χ0n) is 25.9. The molecule has 0 N–H and O–H groups in total. The second-order valence-corrected chi connectivity index (χ2v) is 12.4. The molecule has 0 saturated carbocycles. The van der Waals surface area contributed by atoms with Crippen molar-refractivity contribution in [3.63, 3.8) is 0 Å². The normalized spacial score (nSPS) is 17.6. The molecule has 2 aromatic heterocycles. The van der Waals surface area contributed by atoms with Crippen molar-refractivity contribution in [2.75, 3.05) is 33.3 Å². The van der Waals surface area contributed by atoms with Crippen LogP contribution in [0.25, 0.3) is 43.7 Å². The molecule has 10 heteroatoms. The van der Waals surface area contributed by atoms with Gasteiger partial charge in [0, 0.05) is 35.5 Å². The fourth-order valence-electron chi connectivity index (χ4n) is 7.22. The molecule has 2 saturated heterocycles. The topological polar surface area (TPSA) is 87.3 Å². The summed E-state index contributed by atoms with van der Waals surface area (Å²) in [4.78, 5) is 20.8. The Hall–Kier alpha value is -4.88. The van der Waals surface area contributed by atoms with E-state index in [-0.39, 0.29) is 17.6 Å². The van der Waals surface area contributed by atoms with Crippen molar-refractivity contribution in [2.45, 2.75) is 44.7 Å². The summed E-state index contributed by atoms with van der Waals surface area (Å²) in [7, 11) is 2.08. The molecule has 2 aliphatic heterocycles. The van der Waals surface area contributed by atoms with Crippen LogP contribution in [0.1, 0.15) is 42.9 Å². The maximum atomic E-state index is 17.1. The molecule has 3 aromatic carbocycles. The average Bonchev–Trinajstić information content (AvgIpc) is 3.70. The van der Waals surface area contributed by atoms with Gasteiger partial charge < -0.3 is 14.5 Å². The Balaban J connectivity index is 1.40. The number of aryl methyl sites for hydroxylation is 1. The molecule has 2 aliphatic rings. The van der Waals surface area contributed by atoms with Gasteiger partial charge in [-0.25, -0.2) is 13.8 Å². The number of halogens is 2. The summed E-state index contributed by atoms with van der Waals surface area (Å²) in [6.45, 7) is 7.14. The molecule has 0 radical (unpaired) electrons. The van der Waals surface area contributed by atoms with Crippen LogP contribution in [0.3, 0.4) is 0 Å². The van der Waals surface area contributed by atoms with Crippen LogP contribution in [0.4, 0.5) is 8.78 Å². The van der Waals surface area contributed by atoms with Crippen LogP contribution < -0.4 is 4.74 Å². The Kier molecular flexibility index (Phi) is 7.65. The lowest BCUT2D eigenvalue weighted by atomic mass is 9.91. The summed E-state index contributed by atoms with van der Waals surface area (Å²) in [5.41, 5.74) is 3.06. The summed E-state index contributed by atoms with van der Waals surface area (Å²) in [6, 6.07) is 15.5. The molecule has 1 unspecified atom stereocenters. The van der Waals surface area contributed by atoms with Gasteiger partial charge in [0.25, 0.3) is 5.91 Å². The molecule has 4 heterocycles. The van der Waals surface area contributed by atoms with Gasteiger partial charge in [-0.15, -0.1) is 0 Å². The number of rotatable bonds is 6. The number of pyridine rings is 1. The number of hydrogen-bond donors (Lipinski definition) is 0. The van der Waals surface area contributed by atoms with Gasteiger partial charge in [-0.1, -0.05) is 36.9 Å². The van der Waals surface area contributed by atoms with Gasteiger partial charge in [0.2, 0.25) is 5.88 Å². The van der Waals surface area contributed by atoms with E-state index < -0.39 is 17.6 Å². The van der Waals surface area contributed by atoms with E-state index in [0.717, 1.165) is 24.8 Å². The van der Waals surface area contributed by atoms with Gasteiger partial charge in [0.05, 0.1) is 34.8 Å². The third-order valence-electron chi connectivity index (χ3n) is 9.64. The minimum Gasteiger partial charge on any atom is -0.475 e. The maximum absolute atomic E-state index is 17.1. The molecule has 8 nitrogen and oxygen atoms in total. The number of likely N-dealkylation sites (tertiary alicyclic amines) is 2. The van der Waals surface area contributed by atoms with Crippen LogP contribution in [0.2, 0.25) is 0 Å². The van der Waals surface area contributed by atoms with E-state index in [4.69, 9.17) is 14.8 Å². The Morgan fingerprint density at radius 2 is 1.89 bits per heavy atom. The average molecular weight is 621 g/mol. The number of amides is 1. The second-order valence-electron chi connectivity index (χ2n) is 12.4. The smallest absolute Gasteiger partial charge is 0.281 e. The highest BCUT2D eigenvalue weighted by atomic mass is 19.1. The summed E-state index contributed by atoms with van der Waals surface area (Å²) >= 11 is 0. The van der Waals surface area contributed by atoms with E-state index in [9.17, 15) is 14.4 Å². The van der Waals surface area contributed by atoms with E-state index in [1.165, 1.54) is 4.90 Å². The van der Waals surface area contributed by atoms with Crippen molar-refractivity contribution in [3.05, 3.63) is 78.0 Å². The fourth-order valence-corrected chi connectivity index (χ4v) is 7.22. The van der Waals surface area contributed by atoms with Crippen molar-refractivity contribution in [1.82, 2.24) is 24.6 Å². The lowest BCUT2D eigenvalue weighted by Gasteiger charge is -2.32. The lowest BCUT2D eigenvalue weighted by molar-refractivity contribution is -0.129. The monoisotopic (exact) mass is 620 g/mol. The maximum Gasteiger partial charge on any atom is 0.281 e. The molecular weight excluding hydrogens is 586 g/mol. The summed E-state index contributed by atoms with van der Waals surface area (Å²) in [5.74, 6) is -1.83. The van der Waals surface area contributed by atoms with Gasteiger partial charge in [0.1, 0.15) is 12.1 Å².